The van der Waals surface area contributed by atoms with Crippen molar-refractivity contribution < 1.29 is 13.2 Å². The zero-order chi connectivity index (χ0) is 17.9. The van der Waals surface area contributed by atoms with Crippen LogP contribution in [0.2, 0.25) is 5.02 Å². The first-order chi connectivity index (χ1) is 11.2. The molecule has 5 nitrogen and oxygen atoms in total. The number of nitrogens with one attached hydrogen (secondary N) is 1. The van der Waals surface area contributed by atoms with Crippen molar-refractivity contribution in [3.8, 4) is 0 Å². The first-order valence-corrected chi connectivity index (χ1v) is 9.55. The number of amides is 2. The Kier molecular flexibility index (Phi) is 5.51. The maximum atomic E-state index is 12.5. The summed E-state index contributed by atoms with van der Waals surface area (Å²) in [7, 11) is -1.79. The Hall–Kier alpha value is -2.05. The van der Waals surface area contributed by atoms with Crippen LogP contribution < -0.4 is 5.32 Å². The zero-order valence-corrected chi connectivity index (χ0v) is 15.2. The molecular weight excluding hydrogens is 348 g/mol. The lowest BCUT2D eigenvalue weighted by molar-refractivity contribution is 0.208. The number of carbonyl (C=O) groups excluding carboxylic acids is 1. The van der Waals surface area contributed by atoms with Crippen molar-refractivity contribution in [1.82, 2.24) is 4.90 Å². The van der Waals surface area contributed by atoms with Gasteiger partial charge in [0.05, 0.1) is 16.6 Å². The van der Waals surface area contributed by atoms with E-state index in [1.165, 1.54) is 11.0 Å². The van der Waals surface area contributed by atoms with Crippen molar-refractivity contribution in [2.75, 3.05) is 18.6 Å². The van der Waals surface area contributed by atoms with E-state index >= 15 is 0 Å². The van der Waals surface area contributed by atoms with Gasteiger partial charge in [0.25, 0.3) is 0 Å². The smallest absolute Gasteiger partial charge is 0.321 e. The lowest BCUT2D eigenvalue weighted by Crippen LogP contribution is -2.34. The molecule has 1 N–H and O–H groups in total. The number of halogens is 1. The van der Waals surface area contributed by atoms with Crippen molar-refractivity contribution in [2.24, 2.45) is 0 Å². The molecule has 0 aliphatic heterocycles. The largest absolute Gasteiger partial charge is 0.322 e. The van der Waals surface area contributed by atoms with Crippen molar-refractivity contribution in [2.45, 2.75) is 17.9 Å². The molecule has 0 saturated heterocycles. The standard InChI is InChI=1S/C17H19ClN2O3S/c1-12(13-7-6-8-14(18)11-13)20(2)17(21)19-15-9-4-5-10-16(15)24(3,22)23/h4-12H,1-3H3,(H,19,21)/t12-/m1/s1. The number of urea groups is 1. The summed E-state index contributed by atoms with van der Waals surface area (Å²) in [4.78, 5) is 14.1. The molecule has 128 valence electrons. The van der Waals surface area contributed by atoms with Crippen LogP contribution in [0.3, 0.4) is 0 Å². The summed E-state index contributed by atoms with van der Waals surface area (Å²) in [6, 6.07) is 12.9. The molecule has 0 fully saturated rings. The lowest BCUT2D eigenvalue weighted by atomic mass is 10.1. The molecule has 2 rings (SSSR count). The van der Waals surface area contributed by atoms with E-state index in [1.807, 2.05) is 19.1 Å². The second kappa shape index (κ2) is 7.23. The molecule has 0 spiro atoms. The number of anilines is 1. The Morgan fingerprint density at radius 3 is 2.46 bits per heavy atom. The van der Waals surface area contributed by atoms with E-state index in [-0.39, 0.29) is 16.6 Å². The van der Waals surface area contributed by atoms with Crippen molar-refractivity contribution in [1.29, 1.82) is 0 Å². The molecule has 0 aliphatic carbocycles. The maximum absolute atomic E-state index is 12.5. The number of hydrogen-bond acceptors (Lipinski definition) is 3. The first kappa shape index (κ1) is 18.3. The number of rotatable bonds is 4. The molecule has 0 saturated carbocycles. The van der Waals surface area contributed by atoms with E-state index < -0.39 is 15.9 Å². The maximum Gasteiger partial charge on any atom is 0.322 e. The predicted molar refractivity (Wildman–Crippen MR) is 96.2 cm³/mol. The minimum absolute atomic E-state index is 0.0853. The van der Waals surface area contributed by atoms with Gasteiger partial charge in [-0.15, -0.1) is 0 Å². The fourth-order valence-corrected chi connectivity index (χ4v) is 3.31. The zero-order valence-electron chi connectivity index (χ0n) is 13.7. The molecule has 0 radical (unpaired) electrons. The number of para-hydroxylation sites is 1. The molecule has 2 aromatic carbocycles. The van der Waals surface area contributed by atoms with Gasteiger partial charge in [0.2, 0.25) is 0 Å². The molecule has 0 aromatic heterocycles. The van der Waals surface area contributed by atoms with Gasteiger partial charge in [-0.1, -0.05) is 35.9 Å². The van der Waals surface area contributed by atoms with E-state index in [2.05, 4.69) is 5.32 Å². The minimum atomic E-state index is -3.43. The topological polar surface area (TPSA) is 66.5 Å². The van der Waals surface area contributed by atoms with Crippen LogP contribution in [0.5, 0.6) is 0 Å². The molecule has 0 bridgehead atoms. The average molecular weight is 367 g/mol. The fourth-order valence-electron chi connectivity index (χ4n) is 2.26. The fraction of sp³-hybridized carbons (Fsp3) is 0.235. The quantitative estimate of drug-likeness (QED) is 0.890. The van der Waals surface area contributed by atoms with E-state index in [1.54, 1.807) is 37.4 Å². The SMILES string of the molecule is C[C@H](c1cccc(Cl)c1)N(C)C(=O)Nc1ccccc1S(C)(=O)=O. The summed E-state index contributed by atoms with van der Waals surface area (Å²) in [5, 5.41) is 3.25. The van der Waals surface area contributed by atoms with Crippen LogP contribution in [-0.4, -0.2) is 32.7 Å². The molecule has 24 heavy (non-hydrogen) atoms. The Labute approximate surface area is 147 Å². The normalized spacial score (nSPS) is 12.5. The molecule has 0 unspecified atom stereocenters. The van der Waals surface area contributed by atoms with E-state index in [9.17, 15) is 13.2 Å². The van der Waals surface area contributed by atoms with Gasteiger partial charge in [0.1, 0.15) is 0 Å². The van der Waals surface area contributed by atoms with Gasteiger partial charge in [0, 0.05) is 18.3 Å². The van der Waals surface area contributed by atoms with Crippen LogP contribution in [0.25, 0.3) is 0 Å². The molecular formula is C17H19ClN2O3S. The molecule has 1 atom stereocenters. The molecule has 2 amide bonds. The Balaban J connectivity index is 2.21. The summed E-state index contributed by atoms with van der Waals surface area (Å²) < 4.78 is 23.6. The second-order valence-electron chi connectivity index (χ2n) is 5.54. The van der Waals surface area contributed by atoms with Crippen LogP contribution in [-0.2, 0) is 9.84 Å². The van der Waals surface area contributed by atoms with Crippen molar-refractivity contribution >= 4 is 33.2 Å². The number of carbonyl (C=O) groups is 1. The second-order valence-corrected chi connectivity index (χ2v) is 7.96. The molecule has 0 aliphatic rings. The first-order valence-electron chi connectivity index (χ1n) is 7.28. The van der Waals surface area contributed by atoms with Crippen LogP contribution in [0.4, 0.5) is 10.5 Å². The van der Waals surface area contributed by atoms with Gasteiger partial charge in [-0.25, -0.2) is 13.2 Å². The summed E-state index contributed by atoms with van der Waals surface area (Å²) in [5.41, 5.74) is 1.15. The van der Waals surface area contributed by atoms with Crippen molar-refractivity contribution in [3.05, 3.63) is 59.1 Å². The van der Waals surface area contributed by atoms with Gasteiger partial charge in [0.15, 0.2) is 9.84 Å². The third kappa shape index (κ3) is 4.27. The summed E-state index contributed by atoms with van der Waals surface area (Å²) >= 11 is 5.99. The summed E-state index contributed by atoms with van der Waals surface area (Å²) in [5.74, 6) is 0. The Morgan fingerprint density at radius 1 is 1.17 bits per heavy atom. The van der Waals surface area contributed by atoms with Gasteiger partial charge in [-0.2, -0.15) is 0 Å². The number of hydrogen-bond donors (Lipinski definition) is 1. The Bertz CT molecular complexity index is 852. The monoisotopic (exact) mass is 366 g/mol. The number of sulfone groups is 1. The molecule has 0 heterocycles. The van der Waals surface area contributed by atoms with E-state index in [0.29, 0.717) is 5.02 Å². The van der Waals surface area contributed by atoms with Crippen molar-refractivity contribution in [3.63, 3.8) is 0 Å². The molecule has 7 heteroatoms. The van der Waals surface area contributed by atoms with Gasteiger partial charge < -0.3 is 10.2 Å². The highest BCUT2D eigenvalue weighted by molar-refractivity contribution is 7.90. The van der Waals surface area contributed by atoms with Crippen LogP contribution >= 0.6 is 11.6 Å². The summed E-state index contributed by atoms with van der Waals surface area (Å²) in [6.45, 7) is 1.87. The van der Waals surface area contributed by atoms with E-state index in [4.69, 9.17) is 11.6 Å². The van der Waals surface area contributed by atoms with Gasteiger partial charge in [-0.05, 0) is 36.8 Å². The average Bonchev–Trinajstić information content (AvgIpc) is 2.53. The van der Waals surface area contributed by atoms with E-state index in [0.717, 1.165) is 11.8 Å². The Morgan fingerprint density at radius 2 is 1.83 bits per heavy atom. The van der Waals surface area contributed by atoms with Gasteiger partial charge >= 0.3 is 6.03 Å². The number of nitrogens with zero attached hydrogens (tertiary/aromatic N) is 1. The van der Waals surface area contributed by atoms with Gasteiger partial charge in [-0.3, -0.25) is 0 Å². The highest BCUT2D eigenvalue weighted by atomic mass is 35.5. The third-order valence-corrected chi connectivity index (χ3v) is 5.15. The highest BCUT2D eigenvalue weighted by Gasteiger charge is 2.20. The molecule has 2 aromatic rings. The summed E-state index contributed by atoms with van der Waals surface area (Å²) in [6.07, 6.45) is 1.11. The third-order valence-electron chi connectivity index (χ3n) is 3.76. The highest BCUT2D eigenvalue weighted by Crippen LogP contribution is 2.24. The van der Waals surface area contributed by atoms with Crippen LogP contribution in [0.15, 0.2) is 53.4 Å². The lowest BCUT2D eigenvalue weighted by Gasteiger charge is -2.26. The van der Waals surface area contributed by atoms with Crippen LogP contribution in [0.1, 0.15) is 18.5 Å². The minimum Gasteiger partial charge on any atom is -0.321 e. The van der Waals surface area contributed by atoms with Crippen LogP contribution in [0, 0.1) is 0 Å². The number of benzene rings is 2. The predicted octanol–water partition coefficient (Wildman–Crippen LogP) is 3.97.